The van der Waals surface area contributed by atoms with E-state index in [1.54, 1.807) is 0 Å². The van der Waals surface area contributed by atoms with Crippen LogP contribution >= 0.6 is 0 Å². The molecule has 0 bridgehead atoms. The summed E-state index contributed by atoms with van der Waals surface area (Å²) in [4.78, 5) is 4.84. The lowest BCUT2D eigenvalue weighted by atomic mass is 10.1. The van der Waals surface area contributed by atoms with Gasteiger partial charge in [-0.15, -0.1) is 10.2 Å². The Labute approximate surface area is 173 Å². The molecule has 0 radical (unpaired) electrons. The molecule has 3 aromatic carbocycles. The van der Waals surface area contributed by atoms with E-state index in [1.165, 1.54) is 5.56 Å². The Kier molecular flexibility index (Phi) is 4.54. The average Bonchev–Trinajstić information content (AvgIpc) is 3.15. The lowest BCUT2D eigenvalue weighted by Crippen LogP contribution is -2.11. The van der Waals surface area contributed by atoms with Gasteiger partial charge in [0.15, 0.2) is 5.69 Å². The average molecular weight is 390 g/mol. The first kappa shape index (κ1) is 17.8. The number of imidazole rings is 1. The Balaban J connectivity index is 1.55. The van der Waals surface area contributed by atoms with Crippen molar-refractivity contribution in [1.29, 1.82) is 5.26 Å². The van der Waals surface area contributed by atoms with Gasteiger partial charge in [-0.1, -0.05) is 60.7 Å². The summed E-state index contributed by atoms with van der Waals surface area (Å²) in [6.07, 6.45) is 0. The van der Waals surface area contributed by atoms with Gasteiger partial charge in [-0.25, -0.2) is 4.98 Å². The number of nitrogens with one attached hydrogen (secondary N) is 1. The third-order valence-corrected chi connectivity index (χ3v) is 5.11. The van der Waals surface area contributed by atoms with E-state index in [9.17, 15) is 5.26 Å². The fourth-order valence-corrected chi connectivity index (χ4v) is 3.68. The van der Waals surface area contributed by atoms with E-state index in [2.05, 4.69) is 44.3 Å². The zero-order chi connectivity index (χ0) is 20.3. The summed E-state index contributed by atoms with van der Waals surface area (Å²) >= 11 is 0. The third kappa shape index (κ3) is 3.23. The number of benzene rings is 3. The molecule has 2 heterocycles. The molecular formula is C24H18N6. The van der Waals surface area contributed by atoms with Gasteiger partial charge < -0.3 is 9.88 Å². The van der Waals surface area contributed by atoms with Crippen molar-refractivity contribution < 1.29 is 0 Å². The molecule has 0 saturated heterocycles. The van der Waals surface area contributed by atoms with Crippen molar-refractivity contribution in [2.75, 3.05) is 5.32 Å². The predicted molar refractivity (Wildman–Crippen MR) is 117 cm³/mol. The molecule has 144 valence electrons. The molecule has 0 aliphatic carbocycles. The number of nitrogens with zero attached hydrogens (tertiary/aromatic N) is 5. The molecule has 0 aliphatic heterocycles. The number of hydrogen-bond donors (Lipinski definition) is 1. The summed E-state index contributed by atoms with van der Waals surface area (Å²) in [5, 5.41) is 22.0. The molecule has 0 spiro atoms. The number of para-hydroxylation sites is 2. The second-order valence-electron chi connectivity index (χ2n) is 6.99. The number of nitriles is 1. The highest BCUT2D eigenvalue weighted by atomic mass is 15.1. The van der Waals surface area contributed by atoms with Crippen LogP contribution in [0.15, 0.2) is 78.9 Å². The molecule has 5 aromatic rings. The van der Waals surface area contributed by atoms with Gasteiger partial charge in [-0.3, -0.25) is 0 Å². The van der Waals surface area contributed by atoms with Crippen LogP contribution in [0.4, 0.5) is 5.69 Å². The minimum atomic E-state index is 0.277. The monoisotopic (exact) mass is 390 g/mol. The Morgan fingerprint density at radius 1 is 0.833 bits per heavy atom. The van der Waals surface area contributed by atoms with E-state index in [1.807, 2.05) is 60.7 Å². The van der Waals surface area contributed by atoms with Crippen molar-refractivity contribution >= 4 is 27.6 Å². The highest BCUT2D eigenvalue weighted by Crippen LogP contribution is 2.25. The minimum absolute atomic E-state index is 0.277. The van der Waals surface area contributed by atoms with E-state index >= 15 is 0 Å². The topological polar surface area (TPSA) is 79.4 Å². The lowest BCUT2D eigenvalue weighted by molar-refractivity contribution is 0.756. The smallest absolute Gasteiger partial charge is 0.186 e. The quantitative estimate of drug-likeness (QED) is 0.478. The van der Waals surface area contributed by atoms with Crippen molar-refractivity contribution in [2.45, 2.75) is 13.1 Å². The Morgan fingerprint density at radius 2 is 1.57 bits per heavy atom. The van der Waals surface area contributed by atoms with Gasteiger partial charge in [-0.2, -0.15) is 5.26 Å². The van der Waals surface area contributed by atoms with E-state index < -0.39 is 0 Å². The maximum atomic E-state index is 9.53. The normalized spacial score (nSPS) is 10.9. The number of rotatable bonds is 5. The first-order valence-electron chi connectivity index (χ1n) is 9.71. The zero-order valence-corrected chi connectivity index (χ0v) is 16.2. The molecule has 6 nitrogen and oxygen atoms in total. The Hall–Kier alpha value is -4.24. The van der Waals surface area contributed by atoms with Crippen molar-refractivity contribution in [3.05, 3.63) is 95.9 Å². The summed E-state index contributed by atoms with van der Waals surface area (Å²) in [7, 11) is 0. The molecular weight excluding hydrogens is 372 g/mol. The Morgan fingerprint density at radius 3 is 2.40 bits per heavy atom. The number of fused-ring (bicyclic) bond motifs is 2. The van der Waals surface area contributed by atoms with Crippen molar-refractivity contribution in [3.8, 4) is 6.07 Å². The van der Waals surface area contributed by atoms with E-state index in [0.717, 1.165) is 34.3 Å². The second kappa shape index (κ2) is 7.64. The summed E-state index contributed by atoms with van der Waals surface area (Å²) in [6.45, 7) is 1.19. The molecule has 30 heavy (non-hydrogen) atoms. The molecule has 0 unspecified atom stereocenters. The summed E-state index contributed by atoms with van der Waals surface area (Å²) in [5.41, 5.74) is 4.94. The Bertz CT molecular complexity index is 1380. The largest absolute Gasteiger partial charge is 0.375 e. The van der Waals surface area contributed by atoms with Gasteiger partial charge in [0.05, 0.1) is 28.8 Å². The summed E-state index contributed by atoms with van der Waals surface area (Å²) in [5.74, 6) is 0.893. The lowest BCUT2D eigenvalue weighted by Gasteiger charge is -2.13. The number of hydrogen-bond acceptors (Lipinski definition) is 5. The van der Waals surface area contributed by atoms with Crippen molar-refractivity contribution in [2.24, 2.45) is 0 Å². The van der Waals surface area contributed by atoms with Crippen LogP contribution in [0.3, 0.4) is 0 Å². The number of anilines is 1. The standard InChI is InChI=1S/C24H18N6/c25-14-21-24(18-10-4-5-11-19(18)28-29-21)26-15-23-27-20-12-6-7-13-22(20)30(23)16-17-8-2-1-3-9-17/h1-13H,15-16H2,(H,26,28). The molecule has 0 fully saturated rings. The van der Waals surface area contributed by atoms with Gasteiger partial charge in [0, 0.05) is 11.9 Å². The SMILES string of the molecule is N#Cc1nnc2ccccc2c1NCc1nc2ccccc2n1Cc1ccccc1. The molecule has 0 amide bonds. The molecule has 0 saturated carbocycles. The highest BCUT2D eigenvalue weighted by Gasteiger charge is 2.14. The van der Waals surface area contributed by atoms with Gasteiger partial charge in [-0.05, 0) is 23.8 Å². The second-order valence-corrected chi connectivity index (χ2v) is 6.99. The van der Waals surface area contributed by atoms with Crippen LogP contribution in [0.25, 0.3) is 21.9 Å². The zero-order valence-electron chi connectivity index (χ0n) is 16.2. The van der Waals surface area contributed by atoms with Gasteiger partial charge >= 0.3 is 0 Å². The maximum Gasteiger partial charge on any atom is 0.186 e. The fourth-order valence-electron chi connectivity index (χ4n) is 3.68. The molecule has 1 N–H and O–H groups in total. The van der Waals surface area contributed by atoms with E-state index in [-0.39, 0.29) is 5.69 Å². The van der Waals surface area contributed by atoms with E-state index in [0.29, 0.717) is 12.2 Å². The molecule has 6 heteroatoms. The van der Waals surface area contributed by atoms with Crippen LogP contribution in [0.2, 0.25) is 0 Å². The molecule has 0 atom stereocenters. The maximum absolute atomic E-state index is 9.53. The van der Waals surface area contributed by atoms with Gasteiger partial charge in [0.1, 0.15) is 11.9 Å². The first-order valence-corrected chi connectivity index (χ1v) is 9.71. The predicted octanol–water partition coefficient (Wildman–Crippen LogP) is 4.51. The van der Waals surface area contributed by atoms with Crippen LogP contribution in [0, 0.1) is 11.3 Å². The van der Waals surface area contributed by atoms with Crippen LogP contribution in [-0.2, 0) is 13.1 Å². The first-order chi connectivity index (χ1) is 14.8. The third-order valence-electron chi connectivity index (χ3n) is 5.11. The van der Waals surface area contributed by atoms with Crippen LogP contribution < -0.4 is 5.32 Å². The highest BCUT2D eigenvalue weighted by molar-refractivity contribution is 5.92. The fraction of sp³-hybridized carbons (Fsp3) is 0.0833. The summed E-state index contributed by atoms with van der Waals surface area (Å²) < 4.78 is 2.21. The molecule has 0 aliphatic rings. The van der Waals surface area contributed by atoms with Crippen LogP contribution in [0.1, 0.15) is 17.1 Å². The van der Waals surface area contributed by atoms with E-state index in [4.69, 9.17) is 4.98 Å². The molecule has 2 aromatic heterocycles. The van der Waals surface area contributed by atoms with Crippen molar-refractivity contribution in [3.63, 3.8) is 0 Å². The van der Waals surface area contributed by atoms with Crippen LogP contribution in [-0.4, -0.2) is 19.7 Å². The van der Waals surface area contributed by atoms with Gasteiger partial charge in [0.2, 0.25) is 0 Å². The molecule has 5 rings (SSSR count). The van der Waals surface area contributed by atoms with Gasteiger partial charge in [0.25, 0.3) is 0 Å². The van der Waals surface area contributed by atoms with Crippen molar-refractivity contribution in [1.82, 2.24) is 19.7 Å². The minimum Gasteiger partial charge on any atom is -0.375 e. The summed E-state index contributed by atoms with van der Waals surface area (Å²) in [6, 6.07) is 28.3. The number of aromatic nitrogens is 4. The van der Waals surface area contributed by atoms with Crippen LogP contribution in [0.5, 0.6) is 0 Å².